The van der Waals surface area contributed by atoms with Crippen LogP contribution in [0.3, 0.4) is 0 Å². The highest BCUT2D eigenvalue weighted by molar-refractivity contribution is 5.82. The standard InChI is InChI=1S/C18H27N3O2/c1-18(2,3)16(19)17(23)20-10-6-9-15(22)21-11-13-7-4-5-8-14(13)12-21/h4-5,7-8,16H,6,9-12,19H2,1-3H3,(H,20,23)/t16-/m1/s1. The predicted octanol–water partition coefficient (Wildman–Crippen LogP) is 1.80. The van der Waals surface area contributed by atoms with Crippen molar-refractivity contribution >= 4 is 11.8 Å². The smallest absolute Gasteiger partial charge is 0.237 e. The summed E-state index contributed by atoms with van der Waals surface area (Å²) in [5, 5.41) is 2.82. The van der Waals surface area contributed by atoms with Gasteiger partial charge in [0.25, 0.3) is 0 Å². The quantitative estimate of drug-likeness (QED) is 0.813. The van der Waals surface area contributed by atoms with Crippen LogP contribution in [-0.4, -0.2) is 29.3 Å². The van der Waals surface area contributed by atoms with Crippen molar-refractivity contribution in [2.24, 2.45) is 11.1 Å². The number of carbonyl (C=O) groups excluding carboxylic acids is 2. The maximum atomic E-state index is 12.2. The van der Waals surface area contributed by atoms with Crippen LogP contribution in [0.4, 0.5) is 0 Å². The van der Waals surface area contributed by atoms with Gasteiger partial charge in [-0.1, -0.05) is 45.0 Å². The van der Waals surface area contributed by atoms with E-state index in [9.17, 15) is 9.59 Å². The molecule has 0 radical (unpaired) electrons. The molecule has 1 aliphatic heterocycles. The maximum absolute atomic E-state index is 12.2. The van der Waals surface area contributed by atoms with E-state index in [-0.39, 0.29) is 17.2 Å². The topological polar surface area (TPSA) is 75.4 Å². The minimum absolute atomic E-state index is 0.135. The van der Waals surface area contributed by atoms with Gasteiger partial charge in [-0.05, 0) is 23.0 Å². The molecule has 23 heavy (non-hydrogen) atoms. The Labute approximate surface area is 138 Å². The molecule has 126 valence electrons. The fourth-order valence-corrected chi connectivity index (χ4v) is 2.62. The normalized spacial score (nSPS) is 15.2. The number of amides is 2. The summed E-state index contributed by atoms with van der Waals surface area (Å²) in [7, 11) is 0. The Bertz CT molecular complexity index is 553. The van der Waals surface area contributed by atoms with Crippen LogP contribution in [0, 0.1) is 5.41 Å². The van der Waals surface area contributed by atoms with Gasteiger partial charge in [-0.25, -0.2) is 0 Å². The van der Waals surface area contributed by atoms with Crippen molar-refractivity contribution in [2.75, 3.05) is 6.54 Å². The molecule has 0 saturated heterocycles. The van der Waals surface area contributed by atoms with Gasteiger partial charge in [0.15, 0.2) is 0 Å². The first-order chi connectivity index (χ1) is 10.8. The molecule has 0 bridgehead atoms. The molecule has 1 aromatic rings. The summed E-state index contributed by atoms with van der Waals surface area (Å²) in [5.74, 6) is -0.0194. The molecule has 2 rings (SSSR count). The van der Waals surface area contributed by atoms with E-state index < -0.39 is 6.04 Å². The third-order valence-corrected chi connectivity index (χ3v) is 4.28. The summed E-state index contributed by atoms with van der Waals surface area (Å²) in [5.41, 5.74) is 8.09. The largest absolute Gasteiger partial charge is 0.355 e. The molecule has 1 heterocycles. The Morgan fingerprint density at radius 2 is 1.78 bits per heavy atom. The number of benzene rings is 1. The van der Waals surface area contributed by atoms with Crippen LogP contribution in [0.2, 0.25) is 0 Å². The van der Waals surface area contributed by atoms with Gasteiger partial charge in [-0.2, -0.15) is 0 Å². The van der Waals surface area contributed by atoms with Gasteiger partial charge in [-0.3, -0.25) is 9.59 Å². The SMILES string of the molecule is CC(C)(C)[C@H](N)C(=O)NCCCC(=O)N1Cc2ccccc2C1. The molecule has 0 unspecified atom stereocenters. The highest BCUT2D eigenvalue weighted by Crippen LogP contribution is 2.23. The van der Waals surface area contributed by atoms with E-state index in [1.54, 1.807) is 0 Å². The maximum Gasteiger partial charge on any atom is 0.237 e. The van der Waals surface area contributed by atoms with Gasteiger partial charge in [0.1, 0.15) is 0 Å². The monoisotopic (exact) mass is 317 g/mol. The fourth-order valence-electron chi connectivity index (χ4n) is 2.62. The van der Waals surface area contributed by atoms with Gasteiger partial charge in [0, 0.05) is 26.1 Å². The van der Waals surface area contributed by atoms with Gasteiger partial charge < -0.3 is 16.0 Å². The number of carbonyl (C=O) groups is 2. The molecule has 0 fully saturated rings. The van der Waals surface area contributed by atoms with Crippen LogP contribution >= 0.6 is 0 Å². The first kappa shape index (κ1) is 17.5. The number of hydrogen-bond acceptors (Lipinski definition) is 3. The minimum Gasteiger partial charge on any atom is -0.355 e. The van der Waals surface area contributed by atoms with E-state index in [4.69, 9.17) is 5.73 Å². The van der Waals surface area contributed by atoms with Crippen molar-refractivity contribution in [3.8, 4) is 0 Å². The van der Waals surface area contributed by atoms with Crippen LogP contribution in [0.1, 0.15) is 44.7 Å². The van der Waals surface area contributed by atoms with Gasteiger partial charge in [-0.15, -0.1) is 0 Å². The Morgan fingerprint density at radius 3 is 2.30 bits per heavy atom. The molecule has 2 amide bonds. The third-order valence-electron chi connectivity index (χ3n) is 4.28. The number of nitrogens with one attached hydrogen (secondary N) is 1. The lowest BCUT2D eigenvalue weighted by molar-refractivity contribution is -0.132. The Kier molecular flexibility index (Phi) is 5.42. The van der Waals surface area contributed by atoms with Crippen molar-refractivity contribution in [2.45, 2.75) is 52.7 Å². The summed E-state index contributed by atoms with van der Waals surface area (Å²) in [4.78, 5) is 26.0. The summed E-state index contributed by atoms with van der Waals surface area (Å²) in [6.45, 7) is 7.67. The predicted molar refractivity (Wildman–Crippen MR) is 90.4 cm³/mol. The van der Waals surface area contributed by atoms with E-state index >= 15 is 0 Å². The van der Waals surface area contributed by atoms with Crippen LogP contribution in [-0.2, 0) is 22.7 Å². The lowest BCUT2D eigenvalue weighted by Crippen LogP contribution is -2.48. The van der Waals surface area contributed by atoms with E-state index in [1.807, 2.05) is 37.8 Å². The average molecular weight is 317 g/mol. The second-order valence-electron chi connectivity index (χ2n) is 7.26. The van der Waals surface area contributed by atoms with Crippen molar-refractivity contribution in [3.63, 3.8) is 0 Å². The first-order valence-corrected chi connectivity index (χ1v) is 8.17. The number of rotatable bonds is 5. The zero-order chi connectivity index (χ0) is 17.0. The van der Waals surface area contributed by atoms with E-state index in [0.29, 0.717) is 32.5 Å². The minimum atomic E-state index is -0.536. The Morgan fingerprint density at radius 1 is 1.22 bits per heavy atom. The molecular formula is C18H27N3O2. The van der Waals surface area contributed by atoms with E-state index in [0.717, 1.165) is 0 Å². The molecule has 5 nitrogen and oxygen atoms in total. The molecule has 1 aromatic carbocycles. The molecular weight excluding hydrogens is 290 g/mol. The Hall–Kier alpha value is -1.88. The zero-order valence-electron chi connectivity index (χ0n) is 14.3. The van der Waals surface area contributed by atoms with Crippen molar-refractivity contribution in [1.29, 1.82) is 0 Å². The van der Waals surface area contributed by atoms with Crippen LogP contribution in [0.5, 0.6) is 0 Å². The van der Waals surface area contributed by atoms with Gasteiger partial charge in [0.05, 0.1) is 6.04 Å². The molecule has 0 spiro atoms. The highest BCUT2D eigenvalue weighted by Gasteiger charge is 2.27. The molecule has 0 aromatic heterocycles. The van der Waals surface area contributed by atoms with Crippen molar-refractivity contribution < 1.29 is 9.59 Å². The lowest BCUT2D eigenvalue weighted by Gasteiger charge is -2.25. The summed E-state index contributed by atoms with van der Waals surface area (Å²) in [6, 6.07) is 7.60. The average Bonchev–Trinajstić information content (AvgIpc) is 2.93. The highest BCUT2D eigenvalue weighted by atomic mass is 16.2. The third kappa shape index (κ3) is 4.55. The molecule has 3 N–H and O–H groups in total. The van der Waals surface area contributed by atoms with E-state index in [2.05, 4.69) is 17.4 Å². The lowest BCUT2D eigenvalue weighted by atomic mass is 9.87. The second kappa shape index (κ2) is 7.13. The Balaban J connectivity index is 1.70. The summed E-state index contributed by atoms with van der Waals surface area (Å²) >= 11 is 0. The summed E-state index contributed by atoms with van der Waals surface area (Å²) in [6.07, 6.45) is 1.08. The molecule has 1 aliphatic rings. The van der Waals surface area contributed by atoms with Crippen LogP contribution in [0.15, 0.2) is 24.3 Å². The van der Waals surface area contributed by atoms with Crippen LogP contribution in [0.25, 0.3) is 0 Å². The first-order valence-electron chi connectivity index (χ1n) is 8.17. The van der Waals surface area contributed by atoms with Crippen LogP contribution < -0.4 is 11.1 Å². The van der Waals surface area contributed by atoms with E-state index in [1.165, 1.54) is 11.1 Å². The molecule has 5 heteroatoms. The summed E-state index contributed by atoms with van der Waals surface area (Å²) < 4.78 is 0. The van der Waals surface area contributed by atoms with Gasteiger partial charge in [0.2, 0.25) is 11.8 Å². The van der Waals surface area contributed by atoms with Crippen molar-refractivity contribution in [1.82, 2.24) is 10.2 Å². The number of fused-ring (bicyclic) bond motifs is 1. The second-order valence-corrected chi connectivity index (χ2v) is 7.26. The molecule has 0 saturated carbocycles. The van der Waals surface area contributed by atoms with Crippen molar-refractivity contribution in [3.05, 3.63) is 35.4 Å². The number of nitrogens with zero attached hydrogens (tertiary/aromatic N) is 1. The molecule has 0 aliphatic carbocycles. The number of hydrogen-bond donors (Lipinski definition) is 2. The van der Waals surface area contributed by atoms with Gasteiger partial charge >= 0.3 is 0 Å². The fraction of sp³-hybridized carbons (Fsp3) is 0.556. The number of nitrogens with two attached hydrogens (primary N) is 1. The molecule has 1 atom stereocenters. The zero-order valence-corrected chi connectivity index (χ0v) is 14.3.